The molecule has 0 bridgehead atoms. The molecule has 0 spiro atoms. The molecule has 0 aliphatic rings. The molecule has 1 aromatic rings. The van der Waals surface area contributed by atoms with Gasteiger partial charge in [0.25, 0.3) is 0 Å². The highest BCUT2D eigenvalue weighted by Gasteiger charge is 2.05. The van der Waals surface area contributed by atoms with Crippen LogP contribution in [0.2, 0.25) is 0 Å². The highest BCUT2D eigenvalue weighted by molar-refractivity contribution is 5.71. The first-order valence-corrected chi connectivity index (χ1v) is 5.54. The molecule has 0 aromatic heterocycles. The van der Waals surface area contributed by atoms with Gasteiger partial charge in [0.05, 0.1) is 6.54 Å². The van der Waals surface area contributed by atoms with Gasteiger partial charge in [-0.2, -0.15) is 0 Å². The van der Waals surface area contributed by atoms with E-state index in [2.05, 4.69) is 13.8 Å². The second-order valence-electron chi connectivity index (χ2n) is 4.49. The van der Waals surface area contributed by atoms with Crippen molar-refractivity contribution in [3.05, 3.63) is 35.4 Å². The second-order valence-corrected chi connectivity index (χ2v) is 4.49. The summed E-state index contributed by atoms with van der Waals surface area (Å²) in [5, 5.41) is 10.00. The van der Waals surface area contributed by atoms with Crippen molar-refractivity contribution >= 4 is 5.91 Å². The number of hydrogen-bond donors (Lipinski definition) is 1. The maximum absolute atomic E-state index is 10.8. The molecule has 88 valence electrons. The first-order valence-electron chi connectivity index (χ1n) is 5.54. The highest BCUT2D eigenvalue weighted by Crippen LogP contribution is 2.10. The Balaban J connectivity index is 2.61. The maximum Gasteiger partial charge on any atom is 0.243 e. The summed E-state index contributed by atoms with van der Waals surface area (Å²) >= 11 is 0. The van der Waals surface area contributed by atoms with E-state index in [1.54, 1.807) is 0 Å². The van der Waals surface area contributed by atoms with E-state index in [4.69, 9.17) is 0 Å². The Hall–Kier alpha value is -1.35. The minimum atomic E-state index is -0.341. The van der Waals surface area contributed by atoms with Crippen molar-refractivity contribution in [3.8, 4) is 0 Å². The van der Waals surface area contributed by atoms with Crippen molar-refractivity contribution in [2.24, 2.45) is 5.92 Å². The van der Waals surface area contributed by atoms with E-state index in [1.165, 1.54) is 12.5 Å². The second kappa shape index (κ2) is 5.66. The van der Waals surface area contributed by atoms with Crippen molar-refractivity contribution in [2.75, 3.05) is 0 Å². The van der Waals surface area contributed by atoms with Crippen molar-refractivity contribution < 1.29 is 10.0 Å². The summed E-state index contributed by atoms with van der Waals surface area (Å²) < 4.78 is 0. The van der Waals surface area contributed by atoms with Crippen LogP contribution < -0.4 is 0 Å². The number of hydroxylamine groups is 2. The van der Waals surface area contributed by atoms with Gasteiger partial charge in [-0.15, -0.1) is 0 Å². The fourth-order valence-electron chi connectivity index (χ4n) is 1.54. The lowest BCUT2D eigenvalue weighted by Crippen LogP contribution is -2.23. The topological polar surface area (TPSA) is 40.5 Å². The zero-order valence-electron chi connectivity index (χ0n) is 10.1. The fourth-order valence-corrected chi connectivity index (χ4v) is 1.54. The lowest BCUT2D eigenvalue weighted by molar-refractivity contribution is -0.165. The molecular weight excluding hydrogens is 202 g/mol. The van der Waals surface area contributed by atoms with Gasteiger partial charge in [0.15, 0.2) is 0 Å². The largest absolute Gasteiger partial charge is 0.286 e. The number of benzene rings is 1. The summed E-state index contributed by atoms with van der Waals surface area (Å²) in [6.07, 6.45) is 1.05. The third kappa shape index (κ3) is 4.03. The third-order valence-electron chi connectivity index (χ3n) is 2.36. The molecular formula is C13H19NO2. The van der Waals surface area contributed by atoms with Gasteiger partial charge < -0.3 is 0 Å². The Bertz CT molecular complexity index is 343. The normalized spacial score (nSPS) is 10.6. The molecule has 3 nitrogen and oxygen atoms in total. The SMILES string of the molecule is CC(=O)N(O)Cc1ccc(CC(C)C)cc1. The Kier molecular flexibility index (Phi) is 4.50. The van der Waals surface area contributed by atoms with Crippen LogP contribution in [0, 0.1) is 5.92 Å². The van der Waals surface area contributed by atoms with Crippen molar-refractivity contribution in [3.63, 3.8) is 0 Å². The minimum Gasteiger partial charge on any atom is -0.286 e. The third-order valence-corrected chi connectivity index (χ3v) is 2.36. The number of rotatable bonds is 4. The average molecular weight is 221 g/mol. The molecule has 0 atom stereocenters. The highest BCUT2D eigenvalue weighted by atomic mass is 16.5. The van der Waals surface area contributed by atoms with Crippen LogP contribution in [-0.2, 0) is 17.8 Å². The van der Waals surface area contributed by atoms with Crippen LogP contribution in [0.3, 0.4) is 0 Å². The van der Waals surface area contributed by atoms with Gasteiger partial charge in [0, 0.05) is 6.92 Å². The summed E-state index contributed by atoms with van der Waals surface area (Å²) in [5.41, 5.74) is 2.22. The van der Waals surface area contributed by atoms with Gasteiger partial charge in [0.1, 0.15) is 0 Å². The summed E-state index contributed by atoms with van der Waals surface area (Å²) in [7, 11) is 0. The van der Waals surface area contributed by atoms with Gasteiger partial charge in [-0.3, -0.25) is 10.0 Å². The number of carbonyl (C=O) groups excluding carboxylic acids is 1. The van der Waals surface area contributed by atoms with Crippen LogP contribution in [-0.4, -0.2) is 16.2 Å². The molecule has 0 saturated heterocycles. The quantitative estimate of drug-likeness (QED) is 0.627. The molecule has 1 aromatic carbocycles. The molecule has 0 heterocycles. The standard InChI is InChI=1S/C13H19NO2/c1-10(2)8-12-4-6-13(7-5-12)9-14(16)11(3)15/h4-7,10,16H,8-9H2,1-3H3. The molecule has 16 heavy (non-hydrogen) atoms. The predicted octanol–water partition coefficient (Wildman–Crippen LogP) is 2.62. The van der Waals surface area contributed by atoms with E-state index >= 15 is 0 Å². The van der Waals surface area contributed by atoms with Crippen LogP contribution in [0.5, 0.6) is 0 Å². The van der Waals surface area contributed by atoms with Gasteiger partial charge in [-0.25, -0.2) is 5.06 Å². The van der Waals surface area contributed by atoms with Crippen molar-refractivity contribution in [1.82, 2.24) is 5.06 Å². The van der Waals surface area contributed by atoms with E-state index in [9.17, 15) is 10.0 Å². The summed E-state index contributed by atoms with van der Waals surface area (Å²) in [4.78, 5) is 10.8. The van der Waals surface area contributed by atoms with E-state index in [-0.39, 0.29) is 12.5 Å². The average Bonchev–Trinajstić information content (AvgIpc) is 2.20. The number of carbonyl (C=O) groups is 1. The molecule has 1 amide bonds. The smallest absolute Gasteiger partial charge is 0.243 e. The fraction of sp³-hybridized carbons (Fsp3) is 0.462. The molecule has 1 N–H and O–H groups in total. The molecule has 0 aliphatic carbocycles. The zero-order valence-corrected chi connectivity index (χ0v) is 10.1. The van der Waals surface area contributed by atoms with Gasteiger partial charge in [0.2, 0.25) is 5.91 Å². The van der Waals surface area contributed by atoms with E-state index in [0.717, 1.165) is 17.0 Å². The Morgan fingerprint density at radius 2 is 1.75 bits per heavy atom. The van der Waals surface area contributed by atoms with Gasteiger partial charge in [-0.1, -0.05) is 38.1 Å². The summed E-state index contributed by atoms with van der Waals surface area (Å²) in [6, 6.07) is 7.99. The summed E-state index contributed by atoms with van der Waals surface area (Å²) in [5.74, 6) is 0.295. The van der Waals surface area contributed by atoms with Crippen molar-refractivity contribution in [1.29, 1.82) is 0 Å². The summed E-state index contributed by atoms with van der Waals surface area (Å²) in [6.45, 7) is 5.95. The lowest BCUT2D eigenvalue weighted by Gasteiger charge is -2.13. The van der Waals surface area contributed by atoms with Crippen LogP contribution in [0.25, 0.3) is 0 Å². The number of hydrogen-bond acceptors (Lipinski definition) is 2. The zero-order chi connectivity index (χ0) is 12.1. The van der Waals surface area contributed by atoms with E-state index in [1.807, 2.05) is 24.3 Å². The van der Waals surface area contributed by atoms with Crippen LogP contribution in [0.1, 0.15) is 31.9 Å². The maximum atomic E-state index is 10.8. The van der Waals surface area contributed by atoms with Crippen LogP contribution in [0.4, 0.5) is 0 Å². The first-order chi connectivity index (χ1) is 7.49. The molecule has 3 heteroatoms. The molecule has 0 fully saturated rings. The molecule has 1 rings (SSSR count). The Labute approximate surface area is 96.7 Å². The Morgan fingerprint density at radius 1 is 1.25 bits per heavy atom. The monoisotopic (exact) mass is 221 g/mol. The van der Waals surface area contributed by atoms with E-state index in [0.29, 0.717) is 5.92 Å². The predicted molar refractivity (Wildman–Crippen MR) is 63.0 cm³/mol. The van der Waals surface area contributed by atoms with E-state index < -0.39 is 0 Å². The minimum absolute atomic E-state index is 0.247. The molecule has 0 radical (unpaired) electrons. The first kappa shape index (κ1) is 12.7. The molecule has 0 unspecified atom stereocenters. The lowest BCUT2D eigenvalue weighted by atomic mass is 10.0. The number of nitrogens with zero attached hydrogens (tertiary/aromatic N) is 1. The number of amides is 1. The Morgan fingerprint density at radius 3 is 2.19 bits per heavy atom. The van der Waals surface area contributed by atoms with Crippen LogP contribution in [0.15, 0.2) is 24.3 Å². The van der Waals surface area contributed by atoms with Gasteiger partial charge in [-0.05, 0) is 23.5 Å². The van der Waals surface area contributed by atoms with Crippen molar-refractivity contribution in [2.45, 2.75) is 33.7 Å². The van der Waals surface area contributed by atoms with Crippen LogP contribution >= 0.6 is 0 Å². The molecule has 0 saturated carbocycles. The van der Waals surface area contributed by atoms with Gasteiger partial charge >= 0.3 is 0 Å². The molecule has 0 aliphatic heterocycles.